The number of nitrogens with two attached hydrogens (primary N) is 1. The SMILES string of the molecule is CC(C)I.CC(C)Nc1cc(Br)cnc1OCCCN(C)C.CN(C)CCCOc1ncc(Br)cc1N. The Morgan fingerprint density at radius 3 is 1.73 bits per heavy atom. The van der Waals surface area contributed by atoms with Crippen molar-refractivity contribution < 1.29 is 9.47 Å². The van der Waals surface area contributed by atoms with Gasteiger partial charge >= 0.3 is 0 Å². The van der Waals surface area contributed by atoms with Crippen LogP contribution in [0.25, 0.3) is 0 Å². The Labute approximate surface area is 254 Å². The van der Waals surface area contributed by atoms with Crippen molar-refractivity contribution in [1.29, 1.82) is 0 Å². The van der Waals surface area contributed by atoms with Crippen LogP contribution in [0, 0.1) is 0 Å². The number of rotatable bonds is 12. The van der Waals surface area contributed by atoms with E-state index in [1.807, 2.05) is 20.2 Å². The van der Waals surface area contributed by atoms with Gasteiger partial charge < -0.3 is 30.3 Å². The number of aromatic nitrogens is 2. The molecule has 0 atom stereocenters. The maximum absolute atomic E-state index is 5.74. The number of nitrogens with zero attached hydrogens (tertiary/aromatic N) is 4. The summed E-state index contributed by atoms with van der Waals surface area (Å²) in [6.45, 7) is 11.8. The van der Waals surface area contributed by atoms with E-state index in [9.17, 15) is 0 Å². The van der Waals surface area contributed by atoms with Gasteiger partial charge in [-0.05, 0) is 98.9 Å². The molecule has 8 nitrogen and oxygen atoms in total. The molecule has 2 heterocycles. The summed E-state index contributed by atoms with van der Waals surface area (Å²) in [5.41, 5.74) is 7.23. The fraction of sp³-hybridized carbons (Fsp3) is 0.615. The van der Waals surface area contributed by atoms with Gasteiger partial charge in [0.15, 0.2) is 0 Å². The number of nitrogens with one attached hydrogen (secondary N) is 1. The highest BCUT2D eigenvalue weighted by Crippen LogP contribution is 2.26. The van der Waals surface area contributed by atoms with Gasteiger partial charge in [-0.1, -0.05) is 36.4 Å². The fourth-order valence-corrected chi connectivity index (χ4v) is 3.30. The molecule has 2 aromatic heterocycles. The Morgan fingerprint density at radius 2 is 1.30 bits per heavy atom. The minimum atomic E-state index is 0.352. The van der Waals surface area contributed by atoms with Crippen molar-refractivity contribution in [3.63, 3.8) is 0 Å². The second-order valence-corrected chi connectivity index (χ2v) is 13.7. The molecule has 0 aliphatic rings. The van der Waals surface area contributed by atoms with E-state index in [0.717, 1.165) is 44.5 Å². The van der Waals surface area contributed by atoms with E-state index in [1.165, 1.54) is 0 Å². The molecule has 0 spiro atoms. The summed E-state index contributed by atoms with van der Waals surface area (Å²) in [6.07, 6.45) is 5.39. The van der Waals surface area contributed by atoms with Crippen LogP contribution in [0.15, 0.2) is 33.5 Å². The van der Waals surface area contributed by atoms with Gasteiger partial charge in [0.2, 0.25) is 11.8 Å². The van der Waals surface area contributed by atoms with Crippen LogP contribution in [0.3, 0.4) is 0 Å². The zero-order valence-electron chi connectivity index (χ0n) is 23.5. The first kappa shape index (κ1) is 36.1. The molecule has 37 heavy (non-hydrogen) atoms. The van der Waals surface area contributed by atoms with Crippen molar-refractivity contribution in [3.05, 3.63) is 33.5 Å². The van der Waals surface area contributed by atoms with Crippen molar-refractivity contribution in [2.45, 2.75) is 50.5 Å². The molecular weight excluding hydrogens is 715 g/mol. The van der Waals surface area contributed by atoms with Crippen LogP contribution in [0.1, 0.15) is 40.5 Å². The predicted octanol–water partition coefficient (Wildman–Crippen LogP) is 6.58. The molecule has 0 aliphatic heterocycles. The first-order chi connectivity index (χ1) is 17.3. The highest BCUT2D eigenvalue weighted by Gasteiger charge is 2.07. The Morgan fingerprint density at radius 1 is 0.865 bits per heavy atom. The third kappa shape index (κ3) is 20.7. The van der Waals surface area contributed by atoms with Crippen molar-refractivity contribution in [2.24, 2.45) is 0 Å². The van der Waals surface area contributed by atoms with Crippen molar-refractivity contribution in [2.75, 3.05) is 65.5 Å². The van der Waals surface area contributed by atoms with Gasteiger partial charge in [0.1, 0.15) is 0 Å². The Hall–Kier alpha value is -0.890. The van der Waals surface area contributed by atoms with Gasteiger partial charge in [-0.2, -0.15) is 0 Å². The van der Waals surface area contributed by atoms with Crippen molar-refractivity contribution in [3.8, 4) is 11.8 Å². The van der Waals surface area contributed by atoms with E-state index in [4.69, 9.17) is 15.2 Å². The summed E-state index contributed by atoms with van der Waals surface area (Å²) in [5.74, 6) is 1.18. The average molecular weight is 760 g/mol. The van der Waals surface area contributed by atoms with Crippen LogP contribution in [0.2, 0.25) is 0 Å². The number of hydrogen-bond acceptors (Lipinski definition) is 8. The minimum absolute atomic E-state index is 0.352. The fourth-order valence-electron chi connectivity index (χ4n) is 2.62. The van der Waals surface area contributed by atoms with Crippen LogP contribution >= 0.6 is 54.5 Å². The largest absolute Gasteiger partial charge is 0.476 e. The molecule has 0 fully saturated rings. The van der Waals surface area contributed by atoms with Crippen LogP contribution in [0.5, 0.6) is 11.8 Å². The maximum atomic E-state index is 5.74. The number of ether oxygens (including phenoxy) is 2. The van der Waals surface area contributed by atoms with E-state index >= 15 is 0 Å². The summed E-state index contributed by atoms with van der Waals surface area (Å²) < 4.78 is 13.8. The summed E-state index contributed by atoms with van der Waals surface area (Å²) in [4.78, 5) is 12.6. The molecule has 0 unspecified atom stereocenters. The zero-order valence-corrected chi connectivity index (χ0v) is 28.9. The molecule has 0 aromatic carbocycles. The second-order valence-electron chi connectivity index (χ2n) is 9.38. The molecule has 0 saturated heterocycles. The third-order valence-electron chi connectivity index (χ3n) is 4.08. The lowest BCUT2D eigenvalue weighted by atomic mass is 10.3. The first-order valence-electron chi connectivity index (χ1n) is 12.3. The van der Waals surface area contributed by atoms with E-state index in [0.29, 0.717) is 36.7 Å². The summed E-state index contributed by atoms with van der Waals surface area (Å²) in [6, 6.07) is 4.13. The van der Waals surface area contributed by atoms with Gasteiger partial charge in [-0.25, -0.2) is 9.97 Å². The Balaban J connectivity index is 0.000000619. The number of pyridine rings is 2. The predicted molar refractivity (Wildman–Crippen MR) is 174 cm³/mol. The van der Waals surface area contributed by atoms with Crippen LogP contribution < -0.4 is 20.5 Å². The van der Waals surface area contributed by atoms with Gasteiger partial charge in [-0.3, -0.25) is 0 Å². The van der Waals surface area contributed by atoms with Crippen LogP contribution in [-0.2, 0) is 0 Å². The van der Waals surface area contributed by atoms with Crippen molar-refractivity contribution >= 4 is 65.8 Å². The highest BCUT2D eigenvalue weighted by atomic mass is 127. The Bertz CT molecular complexity index is 870. The molecule has 2 aromatic rings. The Kier molecular flexibility index (Phi) is 20.5. The highest BCUT2D eigenvalue weighted by molar-refractivity contribution is 14.1. The van der Waals surface area contributed by atoms with E-state index in [2.05, 4.69) is 121 Å². The van der Waals surface area contributed by atoms with Gasteiger partial charge in [-0.15, -0.1) is 0 Å². The van der Waals surface area contributed by atoms with Crippen LogP contribution in [-0.4, -0.2) is 84.2 Å². The number of alkyl halides is 1. The van der Waals surface area contributed by atoms with Crippen LogP contribution in [0.4, 0.5) is 11.4 Å². The average Bonchev–Trinajstić information content (AvgIpc) is 2.76. The zero-order chi connectivity index (χ0) is 28.4. The van der Waals surface area contributed by atoms with E-state index < -0.39 is 0 Å². The molecule has 0 bridgehead atoms. The van der Waals surface area contributed by atoms with Gasteiger partial charge in [0, 0.05) is 44.4 Å². The number of halogens is 3. The normalized spacial score (nSPS) is 10.7. The molecule has 212 valence electrons. The van der Waals surface area contributed by atoms with Crippen molar-refractivity contribution in [1.82, 2.24) is 19.8 Å². The van der Waals surface area contributed by atoms with E-state index in [1.54, 1.807) is 18.5 Å². The maximum Gasteiger partial charge on any atom is 0.237 e. The quantitative estimate of drug-likeness (QED) is 0.143. The summed E-state index contributed by atoms with van der Waals surface area (Å²) >= 11 is 9.06. The second kappa shape index (κ2) is 21.0. The molecule has 0 amide bonds. The third-order valence-corrected chi connectivity index (χ3v) is 4.95. The lowest BCUT2D eigenvalue weighted by molar-refractivity contribution is 0.274. The van der Waals surface area contributed by atoms with Gasteiger partial charge in [0.25, 0.3) is 0 Å². The number of nitrogen functional groups attached to an aromatic ring is 1. The smallest absolute Gasteiger partial charge is 0.237 e. The monoisotopic (exact) mass is 758 g/mol. The molecule has 11 heteroatoms. The molecule has 0 radical (unpaired) electrons. The first-order valence-corrected chi connectivity index (χ1v) is 15.2. The molecule has 3 N–H and O–H groups in total. The van der Waals surface area contributed by atoms with Gasteiger partial charge in [0.05, 0.1) is 24.6 Å². The lowest BCUT2D eigenvalue weighted by Crippen LogP contribution is -2.16. The molecule has 0 aliphatic carbocycles. The minimum Gasteiger partial charge on any atom is -0.476 e. The molecule has 0 saturated carbocycles. The number of anilines is 2. The van der Waals surface area contributed by atoms with E-state index in [-0.39, 0.29) is 0 Å². The summed E-state index contributed by atoms with van der Waals surface area (Å²) in [7, 11) is 8.19. The lowest BCUT2D eigenvalue weighted by Gasteiger charge is -2.15. The topological polar surface area (TPSA) is 88.8 Å². The molecule has 2 rings (SSSR count). The number of hydrogen-bond donors (Lipinski definition) is 2. The summed E-state index contributed by atoms with van der Waals surface area (Å²) in [5, 5.41) is 3.34. The standard InChI is InChI=1S/C13H22BrN3O.C10H16BrN3O.C3H7I/c1-10(2)16-12-8-11(14)9-15-13(12)18-7-5-6-17(3)4;1-14(2)4-3-5-15-10-9(12)6-8(11)7-13-10;1-3(2)4/h8-10,16H,5-7H2,1-4H3;6-7H,3-5,12H2,1-2H3;3H,1-2H3. The molecular formula is C26H45Br2IN6O2.